The van der Waals surface area contributed by atoms with E-state index in [9.17, 15) is 4.79 Å². The van der Waals surface area contributed by atoms with Gasteiger partial charge >= 0.3 is 5.97 Å². The lowest BCUT2D eigenvalue weighted by molar-refractivity contribution is -0.144. The van der Waals surface area contributed by atoms with Crippen molar-refractivity contribution in [3.63, 3.8) is 0 Å². The van der Waals surface area contributed by atoms with Gasteiger partial charge in [-0.2, -0.15) is 0 Å². The number of rotatable bonds is 8. The van der Waals surface area contributed by atoms with Crippen molar-refractivity contribution in [3.05, 3.63) is 65.7 Å². The zero-order valence-corrected chi connectivity index (χ0v) is 16.2. The molecule has 0 aromatic heterocycles. The standard InChI is InChI=1S/C23H28O3/c1-6-19-10-12-20(13-11-19)26-22(24)23(4,5)14-7-15-25-21-16-17(2)8-9-18(21)3/h6,8-13,16H,1,7,14-15H2,2-5H3. The van der Waals surface area contributed by atoms with Crippen molar-refractivity contribution in [1.82, 2.24) is 0 Å². The monoisotopic (exact) mass is 352 g/mol. The number of aryl methyl sites for hydroxylation is 2. The first kappa shape index (κ1) is 19.8. The lowest BCUT2D eigenvalue weighted by atomic mass is 9.88. The molecule has 0 unspecified atom stereocenters. The Balaban J connectivity index is 1.83. The molecule has 2 aromatic rings. The fourth-order valence-corrected chi connectivity index (χ4v) is 2.58. The molecule has 3 nitrogen and oxygen atoms in total. The summed E-state index contributed by atoms with van der Waals surface area (Å²) in [6.07, 6.45) is 3.23. The van der Waals surface area contributed by atoms with Gasteiger partial charge in [0.05, 0.1) is 12.0 Å². The van der Waals surface area contributed by atoms with Gasteiger partial charge in [0.1, 0.15) is 11.5 Å². The van der Waals surface area contributed by atoms with E-state index in [0.29, 0.717) is 18.8 Å². The van der Waals surface area contributed by atoms with Gasteiger partial charge in [-0.3, -0.25) is 4.79 Å². The molecule has 0 amide bonds. The minimum Gasteiger partial charge on any atom is -0.493 e. The van der Waals surface area contributed by atoms with E-state index >= 15 is 0 Å². The summed E-state index contributed by atoms with van der Waals surface area (Å²) in [5.41, 5.74) is 2.73. The number of carbonyl (C=O) groups is 1. The Hall–Kier alpha value is -2.55. The van der Waals surface area contributed by atoms with E-state index in [4.69, 9.17) is 9.47 Å². The number of esters is 1. The average molecular weight is 352 g/mol. The SMILES string of the molecule is C=Cc1ccc(OC(=O)C(C)(C)CCCOc2cc(C)ccc2C)cc1. The summed E-state index contributed by atoms with van der Waals surface area (Å²) in [6.45, 7) is 12.2. The highest BCUT2D eigenvalue weighted by Gasteiger charge is 2.29. The number of benzene rings is 2. The van der Waals surface area contributed by atoms with Crippen LogP contribution in [0.2, 0.25) is 0 Å². The highest BCUT2D eigenvalue weighted by Crippen LogP contribution is 2.27. The second-order valence-electron chi connectivity index (χ2n) is 7.27. The lowest BCUT2D eigenvalue weighted by Gasteiger charge is -2.22. The van der Waals surface area contributed by atoms with Gasteiger partial charge in [-0.05, 0) is 75.4 Å². The summed E-state index contributed by atoms with van der Waals surface area (Å²) in [7, 11) is 0. The van der Waals surface area contributed by atoms with Crippen LogP contribution in [0.3, 0.4) is 0 Å². The van der Waals surface area contributed by atoms with Crippen molar-refractivity contribution in [2.45, 2.75) is 40.5 Å². The first-order valence-electron chi connectivity index (χ1n) is 8.97. The molecule has 0 fully saturated rings. The Bertz CT molecular complexity index is 758. The molecule has 0 aliphatic rings. The number of hydrogen-bond donors (Lipinski definition) is 0. The summed E-state index contributed by atoms with van der Waals surface area (Å²) in [6, 6.07) is 13.5. The number of carbonyl (C=O) groups excluding carboxylic acids is 1. The molecule has 0 aliphatic heterocycles. The van der Waals surface area contributed by atoms with Crippen molar-refractivity contribution >= 4 is 12.0 Å². The predicted octanol–water partition coefficient (Wildman–Crippen LogP) is 5.74. The fourth-order valence-electron chi connectivity index (χ4n) is 2.58. The first-order valence-corrected chi connectivity index (χ1v) is 8.97. The number of hydrogen-bond acceptors (Lipinski definition) is 3. The molecule has 3 heteroatoms. The third kappa shape index (κ3) is 5.48. The first-order chi connectivity index (χ1) is 12.3. The Morgan fingerprint density at radius 2 is 1.81 bits per heavy atom. The lowest BCUT2D eigenvalue weighted by Crippen LogP contribution is -2.29. The minimum atomic E-state index is -0.567. The van der Waals surface area contributed by atoms with Crippen LogP contribution >= 0.6 is 0 Å². The van der Waals surface area contributed by atoms with Crippen molar-refractivity contribution in [2.24, 2.45) is 5.41 Å². The average Bonchev–Trinajstić information content (AvgIpc) is 2.62. The topological polar surface area (TPSA) is 35.5 Å². The maximum atomic E-state index is 12.5. The molecule has 0 saturated carbocycles. The summed E-state index contributed by atoms with van der Waals surface area (Å²) in [5, 5.41) is 0. The van der Waals surface area contributed by atoms with Crippen LogP contribution in [0.5, 0.6) is 11.5 Å². The van der Waals surface area contributed by atoms with E-state index in [0.717, 1.165) is 23.3 Å². The number of ether oxygens (including phenoxy) is 2. The molecule has 0 radical (unpaired) electrons. The Labute approximate surface area is 156 Å². The highest BCUT2D eigenvalue weighted by atomic mass is 16.5. The van der Waals surface area contributed by atoms with E-state index in [2.05, 4.69) is 18.7 Å². The molecule has 0 N–H and O–H groups in total. The van der Waals surface area contributed by atoms with Gasteiger partial charge in [0, 0.05) is 0 Å². The summed E-state index contributed by atoms with van der Waals surface area (Å²) in [5.74, 6) is 1.24. The molecule has 138 valence electrons. The van der Waals surface area contributed by atoms with Gasteiger partial charge in [-0.15, -0.1) is 0 Å². The summed E-state index contributed by atoms with van der Waals surface area (Å²) < 4.78 is 11.4. The second kappa shape index (κ2) is 8.70. The smallest absolute Gasteiger partial charge is 0.316 e. The normalized spacial score (nSPS) is 11.1. The molecule has 2 rings (SSSR count). The van der Waals surface area contributed by atoms with Gasteiger partial charge in [-0.25, -0.2) is 0 Å². The highest BCUT2D eigenvalue weighted by molar-refractivity contribution is 5.78. The summed E-state index contributed by atoms with van der Waals surface area (Å²) in [4.78, 5) is 12.5. The van der Waals surface area contributed by atoms with E-state index in [-0.39, 0.29) is 5.97 Å². The van der Waals surface area contributed by atoms with Gasteiger partial charge in [0.25, 0.3) is 0 Å². The molecule has 0 bridgehead atoms. The van der Waals surface area contributed by atoms with Gasteiger partial charge in [-0.1, -0.05) is 36.9 Å². The second-order valence-corrected chi connectivity index (χ2v) is 7.27. The van der Waals surface area contributed by atoms with Crippen LogP contribution in [0.1, 0.15) is 43.4 Å². The third-order valence-corrected chi connectivity index (χ3v) is 4.43. The van der Waals surface area contributed by atoms with Crippen LogP contribution in [0.15, 0.2) is 49.0 Å². The van der Waals surface area contributed by atoms with E-state index in [1.165, 1.54) is 5.56 Å². The molecule has 0 aliphatic carbocycles. The van der Waals surface area contributed by atoms with Gasteiger partial charge in [0.2, 0.25) is 0 Å². The zero-order valence-electron chi connectivity index (χ0n) is 16.2. The molecule has 2 aromatic carbocycles. The molecule has 0 saturated heterocycles. The van der Waals surface area contributed by atoms with Crippen LogP contribution in [-0.2, 0) is 4.79 Å². The minimum absolute atomic E-state index is 0.226. The van der Waals surface area contributed by atoms with Crippen LogP contribution in [-0.4, -0.2) is 12.6 Å². The van der Waals surface area contributed by atoms with E-state index < -0.39 is 5.41 Å². The Morgan fingerprint density at radius 3 is 2.46 bits per heavy atom. The third-order valence-electron chi connectivity index (χ3n) is 4.43. The van der Waals surface area contributed by atoms with Crippen molar-refractivity contribution in [1.29, 1.82) is 0 Å². The maximum Gasteiger partial charge on any atom is 0.316 e. The fraction of sp³-hybridized carbons (Fsp3) is 0.348. The van der Waals surface area contributed by atoms with Crippen LogP contribution in [0, 0.1) is 19.3 Å². The van der Waals surface area contributed by atoms with Gasteiger partial charge in [0.15, 0.2) is 0 Å². The van der Waals surface area contributed by atoms with Crippen molar-refractivity contribution in [2.75, 3.05) is 6.61 Å². The van der Waals surface area contributed by atoms with Crippen LogP contribution in [0.25, 0.3) is 6.08 Å². The van der Waals surface area contributed by atoms with E-state index in [1.54, 1.807) is 18.2 Å². The molecule has 0 heterocycles. The molecular formula is C23H28O3. The maximum absolute atomic E-state index is 12.5. The van der Waals surface area contributed by atoms with Gasteiger partial charge < -0.3 is 9.47 Å². The Kier molecular flexibility index (Phi) is 6.62. The molecule has 26 heavy (non-hydrogen) atoms. The molecule has 0 atom stereocenters. The van der Waals surface area contributed by atoms with Crippen molar-refractivity contribution in [3.8, 4) is 11.5 Å². The van der Waals surface area contributed by atoms with Crippen LogP contribution in [0.4, 0.5) is 0 Å². The van der Waals surface area contributed by atoms with Crippen molar-refractivity contribution < 1.29 is 14.3 Å². The van der Waals surface area contributed by atoms with E-state index in [1.807, 2.05) is 45.9 Å². The van der Waals surface area contributed by atoms with Crippen LogP contribution < -0.4 is 9.47 Å². The quantitative estimate of drug-likeness (QED) is 0.345. The zero-order chi connectivity index (χ0) is 19.2. The Morgan fingerprint density at radius 1 is 1.12 bits per heavy atom. The predicted molar refractivity (Wildman–Crippen MR) is 107 cm³/mol. The summed E-state index contributed by atoms with van der Waals surface area (Å²) >= 11 is 0. The molecule has 0 spiro atoms. The largest absolute Gasteiger partial charge is 0.493 e. The molecular weight excluding hydrogens is 324 g/mol.